The molecule has 0 spiro atoms. The summed E-state index contributed by atoms with van der Waals surface area (Å²) >= 11 is 1.40. The maximum absolute atomic E-state index is 13.3. The maximum Gasteiger partial charge on any atom is 0.262 e. The third-order valence-electron chi connectivity index (χ3n) is 5.15. The van der Waals surface area contributed by atoms with Gasteiger partial charge in [-0.25, -0.2) is 4.98 Å². The molecule has 0 aliphatic carbocycles. The van der Waals surface area contributed by atoms with Gasteiger partial charge in [-0.2, -0.15) is 4.98 Å². The predicted molar refractivity (Wildman–Crippen MR) is 127 cm³/mol. The van der Waals surface area contributed by atoms with Gasteiger partial charge in [0.05, 0.1) is 30.3 Å². The third-order valence-corrected chi connectivity index (χ3v) is 6.11. The molecule has 8 heteroatoms. The number of benzene rings is 3. The van der Waals surface area contributed by atoms with E-state index in [-0.39, 0.29) is 5.56 Å². The van der Waals surface area contributed by atoms with Crippen molar-refractivity contribution in [3.8, 4) is 17.1 Å². The van der Waals surface area contributed by atoms with Crippen LogP contribution in [0.4, 0.5) is 0 Å². The van der Waals surface area contributed by atoms with Crippen molar-refractivity contribution in [2.24, 2.45) is 0 Å². The smallest absolute Gasteiger partial charge is 0.262 e. The van der Waals surface area contributed by atoms with Crippen LogP contribution in [0.1, 0.15) is 11.5 Å². The standard InChI is InChI=1S/C25H20N4O3S/c1-31-19-13-11-18(12-14-19)23-27-22(32-28-23)16-33-25-26-21-10-6-5-9-20(21)24(30)29(25)15-17-7-3-2-4-8-17/h2-14H,15-16H2,1H3. The molecule has 3 aromatic carbocycles. The van der Waals surface area contributed by atoms with Gasteiger partial charge in [0.15, 0.2) is 5.16 Å². The van der Waals surface area contributed by atoms with Crippen LogP contribution in [0.2, 0.25) is 0 Å². The monoisotopic (exact) mass is 456 g/mol. The lowest BCUT2D eigenvalue weighted by atomic mass is 10.2. The van der Waals surface area contributed by atoms with E-state index in [1.807, 2.05) is 72.8 Å². The molecule has 0 atom stereocenters. The van der Waals surface area contributed by atoms with E-state index in [0.29, 0.717) is 40.1 Å². The molecule has 0 radical (unpaired) electrons. The fraction of sp³-hybridized carbons (Fsp3) is 0.120. The van der Waals surface area contributed by atoms with Gasteiger partial charge < -0.3 is 9.26 Å². The second-order valence-electron chi connectivity index (χ2n) is 7.32. The highest BCUT2D eigenvalue weighted by atomic mass is 32.2. The number of aromatic nitrogens is 4. The topological polar surface area (TPSA) is 83.0 Å². The molecule has 5 rings (SSSR count). The van der Waals surface area contributed by atoms with E-state index in [4.69, 9.17) is 14.2 Å². The summed E-state index contributed by atoms with van der Waals surface area (Å²) in [5.41, 5.74) is 2.45. The maximum atomic E-state index is 13.3. The zero-order chi connectivity index (χ0) is 22.6. The first kappa shape index (κ1) is 21.0. The Morgan fingerprint density at radius 3 is 2.48 bits per heavy atom. The van der Waals surface area contributed by atoms with Gasteiger partial charge in [-0.3, -0.25) is 9.36 Å². The summed E-state index contributed by atoms with van der Waals surface area (Å²) in [6.45, 7) is 0.431. The van der Waals surface area contributed by atoms with Crippen LogP contribution in [-0.2, 0) is 12.3 Å². The summed E-state index contributed by atoms with van der Waals surface area (Å²) in [6, 6.07) is 24.7. The van der Waals surface area contributed by atoms with Crippen molar-refractivity contribution in [3.63, 3.8) is 0 Å². The summed E-state index contributed by atoms with van der Waals surface area (Å²) in [5.74, 6) is 2.11. The highest BCUT2D eigenvalue weighted by Crippen LogP contribution is 2.25. The van der Waals surface area contributed by atoms with Crippen LogP contribution in [0.15, 0.2) is 93.3 Å². The number of hydrogen-bond acceptors (Lipinski definition) is 7. The van der Waals surface area contributed by atoms with Crippen molar-refractivity contribution in [2.75, 3.05) is 7.11 Å². The summed E-state index contributed by atoms with van der Waals surface area (Å²) < 4.78 is 12.3. The predicted octanol–water partition coefficient (Wildman–Crippen LogP) is 4.80. The fourth-order valence-corrected chi connectivity index (χ4v) is 4.30. The van der Waals surface area contributed by atoms with Crippen LogP contribution in [0.3, 0.4) is 0 Å². The van der Waals surface area contributed by atoms with Crippen molar-refractivity contribution < 1.29 is 9.26 Å². The Labute approximate surface area is 194 Å². The largest absolute Gasteiger partial charge is 0.497 e. The Kier molecular flexibility index (Phi) is 5.91. The van der Waals surface area contributed by atoms with Crippen molar-refractivity contribution in [1.29, 1.82) is 0 Å². The van der Waals surface area contributed by atoms with Gasteiger partial charge in [0, 0.05) is 5.56 Å². The van der Waals surface area contributed by atoms with Gasteiger partial charge in [0.2, 0.25) is 11.7 Å². The van der Waals surface area contributed by atoms with E-state index >= 15 is 0 Å². The third kappa shape index (κ3) is 4.51. The molecule has 0 unspecified atom stereocenters. The van der Waals surface area contributed by atoms with Crippen LogP contribution in [-0.4, -0.2) is 26.8 Å². The van der Waals surface area contributed by atoms with Gasteiger partial charge in [0.25, 0.3) is 5.56 Å². The lowest BCUT2D eigenvalue weighted by Gasteiger charge is -2.12. The SMILES string of the molecule is COc1ccc(-c2noc(CSc3nc4ccccc4c(=O)n3Cc3ccccc3)n2)cc1. The minimum absolute atomic E-state index is 0.0728. The Balaban J connectivity index is 1.43. The number of thioether (sulfide) groups is 1. The molecule has 5 aromatic rings. The number of hydrogen-bond donors (Lipinski definition) is 0. The molecular formula is C25H20N4O3S. The van der Waals surface area contributed by atoms with Crippen molar-refractivity contribution in [2.45, 2.75) is 17.5 Å². The first-order valence-electron chi connectivity index (χ1n) is 10.3. The molecule has 33 heavy (non-hydrogen) atoms. The Bertz CT molecular complexity index is 1450. The summed E-state index contributed by atoms with van der Waals surface area (Å²) in [6.07, 6.45) is 0. The fourth-order valence-electron chi connectivity index (χ4n) is 3.46. The van der Waals surface area contributed by atoms with Crippen LogP contribution in [0.5, 0.6) is 5.75 Å². The Hall–Kier alpha value is -3.91. The van der Waals surface area contributed by atoms with E-state index in [2.05, 4.69) is 10.1 Å². The number of nitrogens with zero attached hydrogens (tertiary/aromatic N) is 4. The lowest BCUT2D eigenvalue weighted by Crippen LogP contribution is -2.24. The molecule has 7 nitrogen and oxygen atoms in total. The van der Waals surface area contributed by atoms with Crippen molar-refractivity contribution in [3.05, 3.63) is 101 Å². The quantitative estimate of drug-likeness (QED) is 0.257. The highest BCUT2D eigenvalue weighted by molar-refractivity contribution is 7.98. The molecule has 164 valence electrons. The number of rotatable bonds is 7. The van der Waals surface area contributed by atoms with Crippen molar-refractivity contribution >= 4 is 22.7 Å². The van der Waals surface area contributed by atoms with E-state index in [0.717, 1.165) is 16.9 Å². The molecule has 0 bridgehead atoms. The Morgan fingerprint density at radius 1 is 0.939 bits per heavy atom. The number of para-hydroxylation sites is 1. The molecule has 0 amide bonds. The Morgan fingerprint density at radius 2 is 1.70 bits per heavy atom. The van der Waals surface area contributed by atoms with Gasteiger partial charge >= 0.3 is 0 Å². The van der Waals surface area contributed by atoms with Crippen LogP contribution < -0.4 is 10.3 Å². The normalized spacial score (nSPS) is 11.1. The zero-order valence-electron chi connectivity index (χ0n) is 17.8. The van der Waals surface area contributed by atoms with Gasteiger partial charge in [-0.05, 0) is 42.0 Å². The minimum atomic E-state index is -0.0728. The average molecular weight is 457 g/mol. The average Bonchev–Trinajstić information content (AvgIpc) is 3.34. The minimum Gasteiger partial charge on any atom is -0.497 e. The molecule has 0 N–H and O–H groups in total. The highest BCUT2D eigenvalue weighted by Gasteiger charge is 2.15. The lowest BCUT2D eigenvalue weighted by molar-refractivity contribution is 0.391. The number of fused-ring (bicyclic) bond motifs is 1. The summed E-state index contributed by atoms with van der Waals surface area (Å²) in [7, 11) is 1.62. The van der Waals surface area contributed by atoms with Gasteiger partial charge in [-0.1, -0.05) is 59.4 Å². The number of methoxy groups -OCH3 is 1. The zero-order valence-corrected chi connectivity index (χ0v) is 18.7. The molecular weight excluding hydrogens is 436 g/mol. The van der Waals surface area contributed by atoms with Crippen LogP contribution in [0.25, 0.3) is 22.3 Å². The molecule has 0 aliphatic rings. The second-order valence-corrected chi connectivity index (χ2v) is 8.26. The van der Waals surface area contributed by atoms with Gasteiger partial charge in [0.1, 0.15) is 5.75 Å². The molecule has 0 fully saturated rings. The van der Waals surface area contributed by atoms with E-state index in [1.165, 1.54) is 11.8 Å². The van der Waals surface area contributed by atoms with E-state index in [9.17, 15) is 4.79 Å². The van der Waals surface area contributed by atoms with E-state index < -0.39 is 0 Å². The van der Waals surface area contributed by atoms with E-state index in [1.54, 1.807) is 17.7 Å². The second kappa shape index (κ2) is 9.30. The molecule has 0 saturated heterocycles. The van der Waals surface area contributed by atoms with Crippen LogP contribution >= 0.6 is 11.8 Å². The van der Waals surface area contributed by atoms with Crippen molar-refractivity contribution in [1.82, 2.24) is 19.7 Å². The molecule has 0 saturated carbocycles. The number of ether oxygens (including phenoxy) is 1. The summed E-state index contributed by atoms with van der Waals surface area (Å²) in [5, 5.41) is 5.28. The first-order valence-corrected chi connectivity index (χ1v) is 11.3. The molecule has 0 aliphatic heterocycles. The molecule has 2 aromatic heterocycles. The van der Waals surface area contributed by atoms with Crippen LogP contribution in [0, 0.1) is 0 Å². The molecule has 2 heterocycles. The summed E-state index contributed by atoms with van der Waals surface area (Å²) in [4.78, 5) is 22.5. The van der Waals surface area contributed by atoms with Gasteiger partial charge in [-0.15, -0.1) is 0 Å². The first-order chi connectivity index (χ1) is 16.2.